The molecule has 0 bridgehead atoms. The molecule has 3 rings (SSSR count). The molecule has 7 nitrogen and oxygen atoms in total. The van der Waals surface area contributed by atoms with Crippen LogP contribution in [0.4, 0.5) is 5.69 Å². The molecule has 0 unspecified atom stereocenters. The zero-order valence-electron chi connectivity index (χ0n) is 15.9. The number of carbonyl (C=O) groups is 1. The van der Waals surface area contributed by atoms with Crippen LogP contribution in [-0.2, 0) is 9.47 Å². The SMILES string of the molecule is CCOC(=O)c1cc2cc(OCCCOC)cc(NSc3cccc[nH+]3)c2[nH]1. The summed E-state index contributed by atoms with van der Waals surface area (Å²) in [4.78, 5) is 18.4. The zero-order chi connectivity index (χ0) is 19.8. The Morgan fingerprint density at radius 1 is 1.25 bits per heavy atom. The van der Waals surface area contributed by atoms with Crippen molar-refractivity contribution in [3.63, 3.8) is 0 Å². The third-order valence-electron chi connectivity index (χ3n) is 3.91. The summed E-state index contributed by atoms with van der Waals surface area (Å²) in [6, 6.07) is 11.5. The van der Waals surface area contributed by atoms with Gasteiger partial charge < -0.3 is 23.9 Å². The van der Waals surface area contributed by atoms with Crippen LogP contribution in [0.5, 0.6) is 5.75 Å². The Hall–Kier alpha value is -2.71. The molecule has 0 amide bonds. The van der Waals surface area contributed by atoms with Crippen LogP contribution in [0.2, 0.25) is 0 Å². The van der Waals surface area contributed by atoms with Gasteiger partial charge in [0.25, 0.3) is 5.03 Å². The lowest BCUT2D eigenvalue weighted by molar-refractivity contribution is -0.426. The van der Waals surface area contributed by atoms with E-state index in [-0.39, 0.29) is 5.97 Å². The van der Waals surface area contributed by atoms with Crippen molar-refractivity contribution < 1.29 is 24.0 Å². The second-order valence-electron chi connectivity index (χ2n) is 5.96. The van der Waals surface area contributed by atoms with Gasteiger partial charge in [-0.05, 0) is 25.1 Å². The molecule has 2 heterocycles. The molecule has 0 radical (unpaired) electrons. The highest BCUT2D eigenvalue weighted by molar-refractivity contribution is 8.00. The van der Waals surface area contributed by atoms with Crippen LogP contribution < -0.4 is 14.4 Å². The number of ether oxygens (including phenoxy) is 3. The molecule has 2 aromatic heterocycles. The van der Waals surface area contributed by atoms with Crippen molar-refractivity contribution in [2.24, 2.45) is 0 Å². The van der Waals surface area contributed by atoms with Gasteiger partial charge in [0.2, 0.25) is 0 Å². The second-order valence-corrected chi connectivity index (χ2v) is 6.81. The normalized spacial score (nSPS) is 10.8. The molecule has 3 aromatic rings. The topological polar surface area (TPSA) is 86.7 Å². The summed E-state index contributed by atoms with van der Waals surface area (Å²) in [5, 5.41) is 1.83. The standard InChI is InChI=1S/C20H23N3O4S/c1-3-26-20(24)17-12-14-11-15(27-10-6-9-25-2)13-16(19(14)22-17)23-28-18-7-4-5-8-21-18/h4-5,7-8,11-13,22-23H,3,6,9-10H2,1-2H3/p+1. The Labute approximate surface area is 167 Å². The lowest BCUT2D eigenvalue weighted by atomic mass is 10.2. The fourth-order valence-corrected chi connectivity index (χ4v) is 3.30. The van der Waals surface area contributed by atoms with E-state index in [9.17, 15) is 4.79 Å². The van der Waals surface area contributed by atoms with Crippen LogP contribution in [-0.4, -0.2) is 37.9 Å². The van der Waals surface area contributed by atoms with Crippen LogP contribution in [0, 0.1) is 0 Å². The Balaban J connectivity index is 1.86. The maximum Gasteiger partial charge on any atom is 0.354 e. The quantitative estimate of drug-likeness (QED) is 0.306. The Morgan fingerprint density at radius 2 is 2.14 bits per heavy atom. The lowest BCUT2D eigenvalue weighted by Gasteiger charge is -2.10. The van der Waals surface area contributed by atoms with E-state index in [0.717, 1.165) is 33.8 Å². The van der Waals surface area contributed by atoms with E-state index in [2.05, 4.69) is 14.7 Å². The third-order valence-corrected chi connectivity index (χ3v) is 4.71. The highest BCUT2D eigenvalue weighted by atomic mass is 32.2. The summed E-state index contributed by atoms with van der Waals surface area (Å²) in [7, 11) is 1.67. The number of aromatic nitrogens is 2. The number of anilines is 1. The van der Waals surface area contributed by atoms with Gasteiger partial charge in [0.15, 0.2) is 6.20 Å². The van der Waals surface area contributed by atoms with Crippen molar-refractivity contribution in [2.75, 3.05) is 31.7 Å². The minimum atomic E-state index is -0.378. The number of methoxy groups -OCH3 is 1. The number of benzene rings is 1. The molecule has 0 atom stereocenters. The molecule has 0 spiro atoms. The van der Waals surface area contributed by atoms with Crippen LogP contribution in [0.3, 0.4) is 0 Å². The molecule has 0 aliphatic heterocycles. The summed E-state index contributed by atoms with van der Waals surface area (Å²) in [6.07, 6.45) is 2.66. The monoisotopic (exact) mass is 402 g/mol. The van der Waals surface area contributed by atoms with E-state index in [0.29, 0.717) is 25.5 Å². The number of rotatable bonds is 10. The third kappa shape index (κ3) is 5.17. The number of aromatic amines is 2. The molecule has 8 heteroatoms. The number of esters is 1. The molecule has 0 aliphatic carbocycles. The second kappa shape index (κ2) is 10.0. The van der Waals surface area contributed by atoms with Gasteiger partial charge in [-0.1, -0.05) is 0 Å². The predicted molar refractivity (Wildman–Crippen MR) is 109 cm³/mol. The first-order chi connectivity index (χ1) is 13.7. The van der Waals surface area contributed by atoms with Crippen molar-refractivity contribution >= 4 is 34.5 Å². The summed E-state index contributed by atoms with van der Waals surface area (Å²) in [5.41, 5.74) is 2.04. The maximum atomic E-state index is 12.1. The highest BCUT2D eigenvalue weighted by Gasteiger charge is 2.15. The summed E-state index contributed by atoms with van der Waals surface area (Å²) in [5.74, 6) is 0.342. The zero-order valence-corrected chi connectivity index (χ0v) is 16.7. The number of pyridine rings is 1. The largest absolute Gasteiger partial charge is 0.493 e. The van der Waals surface area contributed by atoms with Crippen molar-refractivity contribution in [1.82, 2.24) is 4.98 Å². The molecule has 0 saturated heterocycles. The minimum Gasteiger partial charge on any atom is -0.493 e. The van der Waals surface area contributed by atoms with Gasteiger partial charge in [-0.15, -0.1) is 0 Å². The molecule has 148 valence electrons. The van der Waals surface area contributed by atoms with Gasteiger partial charge in [-0.3, -0.25) is 0 Å². The molecule has 0 aliphatic rings. The first-order valence-corrected chi connectivity index (χ1v) is 9.88. The van der Waals surface area contributed by atoms with Gasteiger partial charge in [-0.2, -0.15) is 0 Å². The molecule has 1 aromatic carbocycles. The number of hydrogen-bond acceptors (Lipinski definition) is 6. The van der Waals surface area contributed by atoms with Crippen LogP contribution in [0.15, 0.2) is 47.6 Å². The van der Waals surface area contributed by atoms with Crippen LogP contribution >= 0.6 is 11.9 Å². The first-order valence-electron chi connectivity index (χ1n) is 9.06. The Bertz CT molecular complexity index is 914. The van der Waals surface area contributed by atoms with E-state index in [4.69, 9.17) is 14.2 Å². The predicted octanol–water partition coefficient (Wildman–Crippen LogP) is 3.69. The fraction of sp³-hybridized carbons (Fsp3) is 0.300. The smallest absolute Gasteiger partial charge is 0.354 e. The van der Waals surface area contributed by atoms with Crippen LogP contribution in [0.1, 0.15) is 23.8 Å². The van der Waals surface area contributed by atoms with E-state index >= 15 is 0 Å². The molecular formula is C20H24N3O4S+. The van der Waals surface area contributed by atoms with Gasteiger partial charge in [0.1, 0.15) is 11.4 Å². The lowest BCUT2D eigenvalue weighted by Crippen LogP contribution is -2.05. The number of fused-ring (bicyclic) bond motifs is 1. The highest BCUT2D eigenvalue weighted by Crippen LogP contribution is 2.32. The van der Waals surface area contributed by atoms with E-state index in [1.54, 1.807) is 20.1 Å². The maximum absolute atomic E-state index is 12.1. The molecule has 28 heavy (non-hydrogen) atoms. The Morgan fingerprint density at radius 3 is 2.89 bits per heavy atom. The number of H-pyrrole nitrogens is 2. The number of nitrogens with one attached hydrogen (secondary N) is 3. The van der Waals surface area contributed by atoms with Gasteiger partial charge in [0, 0.05) is 43.7 Å². The van der Waals surface area contributed by atoms with Gasteiger partial charge in [0.05, 0.1) is 36.4 Å². The summed E-state index contributed by atoms with van der Waals surface area (Å²) >= 11 is 1.44. The van der Waals surface area contributed by atoms with E-state index in [1.165, 1.54) is 11.9 Å². The molecule has 0 fully saturated rings. The van der Waals surface area contributed by atoms with Crippen molar-refractivity contribution in [2.45, 2.75) is 18.4 Å². The van der Waals surface area contributed by atoms with Gasteiger partial charge >= 0.3 is 5.97 Å². The van der Waals surface area contributed by atoms with Crippen molar-refractivity contribution in [1.29, 1.82) is 0 Å². The van der Waals surface area contributed by atoms with Crippen LogP contribution in [0.25, 0.3) is 10.9 Å². The average molecular weight is 402 g/mol. The van der Waals surface area contributed by atoms with Crippen molar-refractivity contribution in [3.05, 3.63) is 48.3 Å². The molecule has 3 N–H and O–H groups in total. The first kappa shape index (κ1) is 20.0. The fourth-order valence-electron chi connectivity index (χ4n) is 2.64. The van der Waals surface area contributed by atoms with E-state index in [1.807, 2.05) is 36.5 Å². The summed E-state index contributed by atoms with van der Waals surface area (Å²) in [6.45, 7) is 3.30. The minimum absolute atomic E-state index is 0.326. The number of hydrogen-bond donors (Lipinski definition) is 2. The summed E-state index contributed by atoms with van der Waals surface area (Å²) < 4.78 is 19.3. The molecule has 0 saturated carbocycles. The van der Waals surface area contributed by atoms with E-state index < -0.39 is 0 Å². The number of carbonyl (C=O) groups excluding carboxylic acids is 1. The Kier molecular flexibility index (Phi) is 7.16. The van der Waals surface area contributed by atoms with Gasteiger partial charge in [-0.25, -0.2) is 9.78 Å². The average Bonchev–Trinajstić information content (AvgIpc) is 3.15. The molecular weight excluding hydrogens is 378 g/mol. The van der Waals surface area contributed by atoms with Crippen molar-refractivity contribution in [3.8, 4) is 5.75 Å².